The number of hydrogen-bond donors (Lipinski definition) is 1. The molecular formula is C12H17NO2. The van der Waals surface area contributed by atoms with Crippen molar-refractivity contribution < 1.29 is 9.53 Å². The first kappa shape index (κ1) is 11.6. The number of carbonyl (C=O) groups is 1. The number of para-hydroxylation sites is 2. The summed E-state index contributed by atoms with van der Waals surface area (Å²) in [5.41, 5.74) is 0.737. The summed E-state index contributed by atoms with van der Waals surface area (Å²) in [6.45, 7) is 2.07. The fourth-order valence-corrected chi connectivity index (χ4v) is 1.30. The van der Waals surface area contributed by atoms with Crippen molar-refractivity contribution in [3.63, 3.8) is 0 Å². The molecule has 0 radical (unpaired) electrons. The molecule has 0 unspecified atom stereocenters. The van der Waals surface area contributed by atoms with Crippen LogP contribution < -0.4 is 10.1 Å². The van der Waals surface area contributed by atoms with E-state index in [0.29, 0.717) is 12.2 Å². The summed E-state index contributed by atoms with van der Waals surface area (Å²) in [7, 11) is 1.59. The Morgan fingerprint density at radius 1 is 1.40 bits per heavy atom. The van der Waals surface area contributed by atoms with Crippen LogP contribution in [0.4, 0.5) is 5.69 Å². The molecule has 3 nitrogen and oxygen atoms in total. The first-order chi connectivity index (χ1) is 7.27. The van der Waals surface area contributed by atoms with Crippen LogP contribution in [0.2, 0.25) is 0 Å². The van der Waals surface area contributed by atoms with Gasteiger partial charge in [-0.1, -0.05) is 25.5 Å². The average molecular weight is 207 g/mol. The molecule has 0 saturated heterocycles. The smallest absolute Gasteiger partial charge is 0.224 e. The van der Waals surface area contributed by atoms with Crippen LogP contribution in [0.1, 0.15) is 26.2 Å². The predicted molar refractivity (Wildman–Crippen MR) is 61.1 cm³/mol. The van der Waals surface area contributed by atoms with Crippen molar-refractivity contribution in [2.45, 2.75) is 26.2 Å². The Labute approximate surface area is 90.4 Å². The summed E-state index contributed by atoms with van der Waals surface area (Å²) in [6.07, 6.45) is 2.51. The second-order valence-corrected chi connectivity index (χ2v) is 3.35. The fraction of sp³-hybridized carbons (Fsp3) is 0.417. The summed E-state index contributed by atoms with van der Waals surface area (Å²) < 4.78 is 5.14. The third-order valence-electron chi connectivity index (χ3n) is 2.14. The number of anilines is 1. The van der Waals surface area contributed by atoms with Gasteiger partial charge in [0.2, 0.25) is 5.91 Å². The van der Waals surface area contributed by atoms with E-state index in [1.54, 1.807) is 7.11 Å². The lowest BCUT2D eigenvalue weighted by atomic mass is 10.2. The maximum Gasteiger partial charge on any atom is 0.224 e. The highest BCUT2D eigenvalue weighted by Crippen LogP contribution is 2.23. The van der Waals surface area contributed by atoms with Gasteiger partial charge in [-0.15, -0.1) is 0 Å². The van der Waals surface area contributed by atoms with Crippen molar-refractivity contribution in [2.24, 2.45) is 0 Å². The molecule has 1 rings (SSSR count). The molecule has 0 atom stereocenters. The van der Waals surface area contributed by atoms with E-state index in [-0.39, 0.29) is 5.91 Å². The number of rotatable bonds is 5. The second kappa shape index (κ2) is 6.06. The van der Waals surface area contributed by atoms with Gasteiger partial charge >= 0.3 is 0 Å². The standard InChI is InChI=1S/C12H17NO2/c1-3-4-9-12(14)13-10-7-5-6-8-11(10)15-2/h5-8H,3-4,9H2,1-2H3,(H,13,14). The summed E-state index contributed by atoms with van der Waals surface area (Å²) in [4.78, 5) is 11.5. The SMILES string of the molecule is CCCCC(=O)Nc1ccccc1OC. The molecule has 15 heavy (non-hydrogen) atoms. The van der Waals surface area contributed by atoms with E-state index >= 15 is 0 Å². The van der Waals surface area contributed by atoms with Gasteiger partial charge in [-0.25, -0.2) is 0 Å². The van der Waals surface area contributed by atoms with E-state index in [2.05, 4.69) is 12.2 Å². The van der Waals surface area contributed by atoms with Crippen LogP contribution >= 0.6 is 0 Å². The summed E-state index contributed by atoms with van der Waals surface area (Å²) in [5, 5.41) is 2.83. The van der Waals surface area contributed by atoms with Gasteiger partial charge in [0.1, 0.15) is 5.75 Å². The largest absolute Gasteiger partial charge is 0.495 e. The van der Waals surface area contributed by atoms with Gasteiger partial charge in [-0.05, 0) is 18.6 Å². The number of methoxy groups -OCH3 is 1. The molecule has 0 saturated carbocycles. The maximum atomic E-state index is 11.5. The second-order valence-electron chi connectivity index (χ2n) is 3.35. The van der Waals surface area contributed by atoms with Crippen LogP contribution in [-0.2, 0) is 4.79 Å². The number of amides is 1. The first-order valence-corrected chi connectivity index (χ1v) is 5.20. The number of hydrogen-bond acceptors (Lipinski definition) is 2. The average Bonchev–Trinajstić information content (AvgIpc) is 2.27. The Kier molecular flexibility index (Phi) is 4.68. The minimum Gasteiger partial charge on any atom is -0.495 e. The Hall–Kier alpha value is -1.51. The Balaban J connectivity index is 2.59. The summed E-state index contributed by atoms with van der Waals surface area (Å²) in [5.74, 6) is 0.740. The van der Waals surface area contributed by atoms with E-state index in [4.69, 9.17) is 4.74 Å². The Morgan fingerprint density at radius 2 is 2.13 bits per heavy atom. The fourth-order valence-electron chi connectivity index (χ4n) is 1.30. The summed E-state index contributed by atoms with van der Waals surface area (Å²) >= 11 is 0. The van der Waals surface area contributed by atoms with Crippen molar-refractivity contribution in [1.29, 1.82) is 0 Å². The van der Waals surface area contributed by atoms with Crippen LogP contribution in [0.25, 0.3) is 0 Å². The van der Waals surface area contributed by atoms with Crippen molar-refractivity contribution in [3.05, 3.63) is 24.3 Å². The maximum absolute atomic E-state index is 11.5. The molecule has 0 bridgehead atoms. The van der Waals surface area contributed by atoms with Gasteiger partial charge in [0.15, 0.2) is 0 Å². The number of ether oxygens (including phenoxy) is 1. The molecule has 0 spiro atoms. The zero-order valence-corrected chi connectivity index (χ0v) is 9.25. The molecule has 0 heterocycles. The molecule has 3 heteroatoms. The molecule has 0 aliphatic rings. The molecule has 0 aliphatic carbocycles. The van der Waals surface area contributed by atoms with Gasteiger partial charge in [0.05, 0.1) is 12.8 Å². The lowest BCUT2D eigenvalue weighted by Gasteiger charge is -2.09. The minimum atomic E-state index is 0.0429. The van der Waals surface area contributed by atoms with Gasteiger partial charge in [-0.2, -0.15) is 0 Å². The minimum absolute atomic E-state index is 0.0429. The van der Waals surface area contributed by atoms with Crippen LogP contribution in [0.3, 0.4) is 0 Å². The molecule has 82 valence electrons. The van der Waals surface area contributed by atoms with Gasteiger partial charge in [-0.3, -0.25) is 4.79 Å². The number of carbonyl (C=O) groups excluding carboxylic acids is 1. The molecular weight excluding hydrogens is 190 g/mol. The van der Waals surface area contributed by atoms with Crippen LogP contribution in [0, 0.1) is 0 Å². The van der Waals surface area contributed by atoms with Gasteiger partial charge < -0.3 is 10.1 Å². The molecule has 1 N–H and O–H groups in total. The molecule has 0 fully saturated rings. The number of unbranched alkanes of at least 4 members (excludes halogenated alkanes) is 1. The predicted octanol–water partition coefficient (Wildman–Crippen LogP) is 2.82. The van der Waals surface area contributed by atoms with Crippen molar-refractivity contribution in [2.75, 3.05) is 12.4 Å². The first-order valence-electron chi connectivity index (χ1n) is 5.20. The topological polar surface area (TPSA) is 38.3 Å². The van der Waals surface area contributed by atoms with Crippen LogP contribution in [-0.4, -0.2) is 13.0 Å². The zero-order valence-electron chi connectivity index (χ0n) is 9.25. The monoisotopic (exact) mass is 207 g/mol. The van der Waals surface area contributed by atoms with Crippen molar-refractivity contribution in [1.82, 2.24) is 0 Å². The molecule has 0 aromatic heterocycles. The third kappa shape index (κ3) is 3.62. The summed E-state index contributed by atoms with van der Waals surface area (Å²) in [6, 6.07) is 7.41. The highest BCUT2D eigenvalue weighted by molar-refractivity contribution is 5.92. The van der Waals surface area contributed by atoms with Gasteiger partial charge in [0, 0.05) is 6.42 Å². The number of benzene rings is 1. The normalized spacial score (nSPS) is 9.73. The lowest BCUT2D eigenvalue weighted by Crippen LogP contribution is -2.11. The third-order valence-corrected chi connectivity index (χ3v) is 2.14. The van der Waals surface area contributed by atoms with E-state index in [9.17, 15) is 4.79 Å². The zero-order chi connectivity index (χ0) is 11.1. The van der Waals surface area contributed by atoms with E-state index < -0.39 is 0 Å². The quantitative estimate of drug-likeness (QED) is 0.806. The van der Waals surface area contributed by atoms with Crippen molar-refractivity contribution in [3.8, 4) is 5.75 Å². The van der Waals surface area contributed by atoms with Crippen molar-refractivity contribution >= 4 is 11.6 Å². The molecule has 1 aromatic carbocycles. The molecule has 0 aliphatic heterocycles. The van der Waals surface area contributed by atoms with E-state index in [1.807, 2.05) is 24.3 Å². The Bertz CT molecular complexity index is 323. The highest BCUT2D eigenvalue weighted by atomic mass is 16.5. The highest BCUT2D eigenvalue weighted by Gasteiger charge is 2.05. The number of nitrogens with one attached hydrogen (secondary N) is 1. The van der Waals surface area contributed by atoms with Crippen LogP contribution in [0.5, 0.6) is 5.75 Å². The van der Waals surface area contributed by atoms with Crippen LogP contribution in [0.15, 0.2) is 24.3 Å². The molecule has 1 amide bonds. The Morgan fingerprint density at radius 3 is 2.80 bits per heavy atom. The lowest BCUT2D eigenvalue weighted by molar-refractivity contribution is -0.116. The molecule has 1 aromatic rings. The van der Waals surface area contributed by atoms with E-state index in [1.165, 1.54) is 0 Å². The van der Waals surface area contributed by atoms with E-state index in [0.717, 1.165) is 18.5 Å². The van der Waals surface area contributed by atoms with Gasteiger partial charge in [0.25, 0.3) is 0 Å².